The van der Waals surface area contributed by atoms with Crippen molar-refractivity contribution in [3.63, 3.8) is 0 Å². The quantitative estimate of drug-likeness (QED) is 0.570. The number of thiazole rings is 1. The van der Waals surface area contributed by atoms with Crippen molar-refractivity contribution in [2.45, 2.75) is 27.3 Å². The Labute approximate surface area is 160 Å². The molecule has 0 bridgehead atoms. The van der Waals surface area contributed by atoms with E-state index in [-0.39, 0.29) is 5.91 Å². The SMILES string of the molecule is CCn1ncc2c(C(=O)Nc3nc(C)c(C)s3)cc(-c3ccccc3)nc21. The molecule has 0 saturated carbocycles. The van der Waals surface area contributed by atoms with Crippen molar-refractivity contribution < 1.29 is 4.79 Å². The molecule has 1 aromatic carbocycles. The first-order chi connectivity index (χ1) is 13.1. The molecule has 6 nitrogen and oxygen atoms in total. The zero-order chi connectivity index (χ0) is 19.0. The van der Waals surface area contributed by atoms with Crippen LogP contribution in [-0.4, -0.2) is 25.7 Å². The van der Waals surface area contributed by atoms with Gasteiger partial charge in [0.1, 0.15) is 0 Å². The van der Waals surface area contributed by atoms with Gasteiger partial charge < -0.3 is 0 Å². The third kappa shape index (κ3) is 3.21. The second-order valence-corrected chi connectivity index (χ2v) is 7.44. The van der Waals surface area contributed by atoms with E-state index in [0.29, 0.717) is 22.9 Å². The van der Waals surface area contributed by atoms with Crippen LogP contribution in [0.2, 0.25) is 0 Å². The molecule has 1 N–H and O–H groups in total. The average molecular weight is 377 g/mol. The molecular formula is C20H19N5OS. The summed E-state index contributed by atoms with van der Waals surface area (Å²) in [7, 11) is 0. The lowest BCUT2D eigenvalue weighted by Gasteiger charge is -2.08. The van der Waals surface area contributed by atoms with E-state index in [0.717, 1.165) is 27.2 Å². The standard InChI is InChI=1S/C20H19N5OS/c1-4-25-18-16(11-21-25)15(10-17(23-18)14-8-6-5-7-9-14)19(26)24-20-22-12(2)13(3)27-20/h5-11H,4H2,1-3H3,(H,22,24,26). The van der Waals surface area contributed by atoms with Crippen LogP contribution in [0.4, 0.5) is 5.13 Å². The van der Waals surface area contributed by atoms with Crippen LogP contribution in [0.15, 0.2) is 42.6 Å². The first kappa shape index (κ1) is 17.4. The monoisotopic (exact) mass is 377 g/mol. The molecule has 0 radical (unpaired) electrons. The fourth-order valence-electron chi connectivity index (χ4n) is 2.91. The van der Waals surface area contributed by atoms with Crippen LogP contribution < -0.4 is 5.32 Å². The second kappa shape index (κ2) is 6.92. The highest BCUT2D eigenvalue weighted by Gasteiger charge is 2.18. The molecule has 0 fully saturated rings. The summed E-state index contributed by atoms with van der Waals surface area (Å²) in [5, 5.41) is 8.64. The summed E-state index contributed by atoms with van der Waals surface area (Å²) in [6.07, 6.45) is 1.70. The fraction of sp³-hybridized carbons (Fsp3) is 0.200. The molecule has 7 heteroatoms. The van der Waals surface area contributed by atoms with Crippen molar-refractivity contribution in [2.24, 2.45) is 0 Å². The number of amides is 1. The van der Waals surface area contributed by atoms with E-state index >= 15 is 0 Å². The van der Waals surface area contributed by atoms with Gasteiger partial charge in [0.25, 0.3) is 5.91 Å². The van der Waals surface area contributed by atoms with Crippen molar-refractivity contribution in [3.8, 4) is 11.3 Å². The number of nitrogens with one attached hydrogen (secondary N) is 1. The summed E-state index contributed by atoms with van der Waals surface area (Å²) in [6.45, 7) is 6.61. The molecule has 27 heavy (non-hydrogen) atoms. The zero-order valence-electron chi connectivity index (χ0n) is 15.4. The van der Waals surface area contributed by atoms with Crippen LogP contribution in [0.1, 0.15) is 27.9 Å². The zero-order valence-corrected chi connectivity index (χ0v) is 16.2. The van der Waals surface area contributed by atoms with Crippen LogP contribution in [0.25, 0.3) is 22.3 Å². The maximum Gasteiger partial charge on any atom is 0.258 e. The fourth-order valence-corrected chi connectivity index (χ4v) is 3.72. The molecule has 0 saturated heterocycles. The van der Waals surface area contributed by atoms with Gasteiger partial charge in [0.05, 0.1) is 28.5 Å². The average Bonchev–Trinajstić information content (AvgIpc) is 3.24. The Morgan fingerprint density at radius 2 is 1.96 bits per heavy atom. The summed E-state index contributed by atoms with van der Waals surface area (Å²) in [6, 6.07) is 11.7. The van der Waals surface area contributed by atoms with Crippen molar-refractivity contribution in [1.82, 2.24) is 19.7 Å². The largest absolute Gasteiger partial charge is 0.298 e. The highest BCUT2D eigenvalue weighted by Crippen LogP contribution is 2.27. The predicted molar refractivity (Wildman–Crippen MR) is 108 cm³/mol. The van der Waals surface area contributed by atoms with E-state index in [1.165, 1.54) is 11.3 Å². The molecule has 3 aromatic heterocycles. The summed E-state index contributed by atoms with van der Waals surface area (Å²) in [5.41, 5.74) is 3.88. The van der Waals surface area contributed by atoms with Gasteiger partial charge in [-0.05, 0) is 26.8 Å². The van der Waals surface area contributed by atoms with Gasteiger partial charge in [-0.1, -0.05) is 30.3 Å². The van der Waals surface area contributed by atoms with E-state index < -0.39 is 0 Å². The lowest BCUT2D eigenvalue weighted by atomic mass is 10.1. The number of anilines is 1. The number of fused-ring (bicyclic) bond motifs is 1. The van der Waals surface area contributed by atoms with Gasteiger partial charge in [-0.15, -0.1) is 11.3 Å². The maximum atomic E-state index is 13.0. The highest BCUT2D eigenvalue weighted by atomic mass is 32.1. The Hall–Kier alpha value is -3.06. The first-order valence-corrected chi connectivity index (χ1v) is 9.56. The predicted octanol–water partition coefficient (Wildman–Crippen LogP) is 4.44. The number of rotatable bonds is 4. The third-order valence-corrected chi connectivity index (χ3v) is 5.46. The van der Waals surface area contributed by atoms with Gasteiger partial charge in [0.2, 0.25) is 0 Å². The molecule has 4 aromatic rings. The lowest BCUT2D eigenvalue weighted by molar-refractivity contribution is 0.102. The summed E-state index contributed by atoms with van der Waals surface area (Å²) >= 11 is 1.47. The Balaban J connectivity index is 1.83. The van der Waals surface area contributed by atoms with Crippen molar-refractivity contribution in [3.05, 3.63) is 58.7 Å². The van der Waals surface area contributed by atoms with Gasteiger partial charge in [-0.25, -0.2) is 14.6 Å². The topological polar surface area (TPSA) is 72.7 Å². The van der Waals surface area contributed by atoms with E-state index in [4.69, 9.17) is 4.98 Å². The van der Waals surface area contributed by atoms with Crippen LogP contribution >= 0.6 is 11.3 Å². The molecular weight excluding hydrogens is 358 g/mol. The van der Waals surface area contributed by atoms with Gasteiger partial charge in [-0.3, -0.25) is 10.1 Å². The molecule has 4 rings (SSSR count). The number of aromatic nitrogens is 4. The molecule has 0 aliphatic carbocycles. The van der Waals surface area contributed by atoms with E-state index in [1.807, 2.05) is 57.2 Å². The number of benzene rings is 1. The molecule has 0 atom stereocenters. The highest BCUT2D eigenvalue weighted by molar-refractivity contribution is 7.15. The van der Waals surface area contributed by atoms with Crippen LogP contribution in [0.5, 0.6) is 0 Å². The molecule has 0 aliphatic heterocycles. The minimum atomic E-state index is -0.205. The molecule has 1 amide bonds. The number of carbonyl (C=O) groups excluding carboxylic acids is 1. The van der Waals surface area contributed by atoms with Gasteiger partial charge in [0, 0.05) is 17.0 Å². The van der Waals surface area contributed by atoms with Crippen LogP contribution in [0, 0.1) is 13.8 Å². The maximum absolute atomic E-state index is 13.0. The number of carbonyl (C=O) groups is 1. The lowest BCUT2D eigenvalue weighted by Crippen LogP contribution is -2.13. The van der Waals surface area contributed by atoms with Gasteiger partial charge in [0.15, 0.2) is 10.8 Å². The second-order valence-electron chi connectivity index (χ2n) is 6.23. The number of hydrogen-bond acceptors (Lipinski definition) is 5. The van der Waals surface area contributed by atoms with E-state index in [1.54, 1.807) is 10.9 Å². The normalized spacial score (nSPS) is 11.1. The van der Waals surface area contributed by atoms with Crippen LogP contribution in [-0.2, 0) is 6.54 Å². The van der Waals surface area contributed by atoms with E-state index in [9.17, 15) is 4.79 Å². The van der Waals surface area contributed by atoms with Gasteiger partial charge >= 0.3 is 0 Å². The van der Waals surface area contributed by atoms with Crippen molar-refractivity contribution in [2.75, 3.05) is 5.32 Å². The molecule has 0 spiro atoms. The van der Waals surface area contributed by atoms with E-state index in [2.05, 4.69) is 15.4 Å². The molecule has 136 valence electrons. The number of hydrogen-bond donors (Lipinski definition) is 1. The number of aryl methyl sites for hydroxylation is 3. The summed E-state index contributed by atoms with van der Waals surface area (Å²) in [5.74, 6) is -0.205. The Morgan fingerprint density at radius 1 is 1.19 bits per heavy atom. The first-order valence-electron chi connectivity index (χ1n) is 8.74. The summed E-state index contributed by atoms with van der Waals surface area (Å²) in [4.78, 5) is 23.3. The molecule has 3 heterocycles. The Bertz CT molecular complexity index is 1110. The smallest absolute Gasteiger partial charge is 0.258 e. The minimum Gasteiger partial charge on any atom is -0.298 e. The van der Waals surface area contributed by atoms with Crippen molar-refractivity contribution >= 4 is 33.4 Å². The van der Waals surface area contributed by atoms with Crippen LogP contribution in [0.3, 0.4) is 0 Å². The number of pyridine rings is 1. The minimum absolute atomic E-state index is 0.205. The van der Waals surface area contributed by atoms with Gasteiger partial charge in [-0.2, -0.15) is 5.10 Å². The molecule has 0 aliphatic rings. The molecule has 0 unspecified atom stereocenters. The Kier molecular flexibility index (Phi) is 4.45. The third-order valence-electron chi connectivity index (χ3n) is 4.47. The summed E-state index contributed by atoms with van der Waals surface area (Å²) < 4.78 is 1.80. The number of nitrogens with zero attached hydrogens (tertiary/aromatic N) is 4. The van der Waals surface area contributed by atoms with Crippen molar-refractivity contribution in [1.29, 1.82) is 0 Å². The Morgan fingerprint density at radius 3 is 2.63 bits per heavy atom.